The van der Waals surface area contributed by atoms with Crippen LogP contribution in [0.4, 0.5) is 5.13 Å². The van der Waals surface area contributed by atoms with Crippen molar-refractivity contribution in [2.24, 2.45) is 0 Å². The Morgan fingerprint density at radius 2 is 2.12 bits per heavy atom. The van der Waals surface area contributed by atoms with Crippen molar-refractivity contribution < 1.29 is 14.3 Å². The Morgan fingerprint density at radius 3 is 2.92 bits per heavy atom. The number of rotatable bonds is 4. The number of benzene rings is 1. The summed E-state index contributed by atoms with van der Waals surface area (Å²) in [5.41, 5.74) is 0.914. The number of thiazole rings is 1. The highest BCUT2D eigenvalue weighted by Crippen LogP contribution is 2.35. The van der Waals surface area contributed by atoms with E-state index in [-0.39, 0.29) is 24.8 Å². The monoisotopic (exact) mass is 356 g/mol. The number of hydrogen-bond donors (Lipinski definition) is 1. The molecule has 8 nitrogen and oxygen atoms in total. The van der Waals surface area contributed by atoms with Gasteiger partial charge in [0.05, 0.1) is 12.0 Å². The minimum Gasteiger partial charge on any atom is -0.454 e. The minimum absolute atomic E-state index is 0.132. The molecule has 1 N–H and O–H groups in total. The van der Waals surface area contributed by atoms with Crippen molar-refractivity contribution in [3.63, 3.8) is 0 Å². The summed E-state index contributed by atoms with van der Waals surface area (Å²) in [6, 6.07) is 6.72. The normalized spacial score (nSPS) is 12.2. The maximum Gasteiger partial charge on any atom is 0.254 e. The molecule has 1 amide bonds. The predicted octanol–water partition coefficient (Wildman–Crippen LogP) is 1.73. The van der Waals surface area contributed by atoms with Gasteiger partial charge in [0.2, 0.25) is 12.7 Å². The highest BCUT2D eigenvalue weighted by molar-refractivity contribution is 7.13. The number of fused-ring (bicyclic) bond motifs is 1. The van der Waals surface area contributed by atoms with Crippen molar-refractivity contribution >= 4 is 22.4 Å². The average molecular weight is 356 g/mol. The Morgan fingerprint density at radius 1 is 1.24 bits per heavy atom. The molecule has 2 aromatic heterocycles. The van der Waals surface area contributed by atoms with Crippen molar-refractivity contribution in [1.82, 2.24) is 14.5 Å². The molecule has 3 heterocycles. The number of nitrogens with zero attached hydrogens (tertiary/aromatic N) is 3. The van der Waals surface area contributed by atoms with E-state index >= 15 is 0 Å². The molecular weight excluding hydrogens is 344 g/mol. The zero-order valence-electron chi connectivity index (χ0n) is 12.8. The van der Waals surface area contributed by atoms with Crippen LogP contribution in [0.1, 0.15) is 0 Å². The van der Waals surface area contributed by atoms with Crippen LogP contribution in [0.25, 0.3) is 11.3 Å². The van der Waals surface area contributed by atoms with Gasteiger partial charge in [0.15, 0.2) is 16.6 Å². The molecule has 3 aromatic rings. The molecule has 0 fully saturated rings. The van der Waals surface area contributed by atoms with Crippen LogP contribution in [0.5, 0.6) is 11.5 Å². The number of amides is 1. The Labute approximate surface area is 145 Å². The fraction of sp³-hybridized carbons (Fsp3) is 0.125. The molecule has 1 aliphatic rings. The van der Waals surface area contributed by atoms with Crippen LogP contribution >= 0.6 is 11.3 Å². The quantitative estimate of drug-likeness (QED) is 0.765. The molecule has 9 heteroatoms. The van der Waals surface area contributed by atoms with Gasteiger partial charge in [-0.25, -0.2) is 9.97 Å². The SMILES string of the molecule is O=C(Cn1cnc(-c2ccc3c(c2)OCO3)cc1=O)Nc1nccs1. The van der Waals surface area contributed by atoms with Gasteiger partial charge in [0, 0.05) is 23.2 Å². The van der Waals surface area contributed by atoms with E-state index in [1.165, 1.54) is 28.3 Å². The standard InChI is InChI=1S/C16H12N4O4S/c21-14(19-16-17-3-4-25-16)7-20-8-18-11(6-15(20)22)10-1-2-12-13(5-10)24-9-23-12/h1-6,8H,7,9H2,(H,17,19,21). The fourth-order valence-electron chi connectivity index (χ4n) is 2.36. The van der Waals surface area contributed by atoms with Gasteiger partial charge in [-0.2, -0.15) is 0 Å². The molecule has 0 radical (unpaired) electrons. The lowest BCUT2D eigenvalue weighted by Crippen LogP contribution is -2.27. The lowest BCUT2D eigenvalue weighted by molar-refractivity contribution is -0.116. The highest BCUT2D eigenvalue weighted by atomic mass is 32.1. The molecule has 0 bridgehead atoms. The van der Waals surface area contributed by atoms with Crippen LogP contribution in [-0.2, 0) is 11.3 Å². The van der Waals surface area contributed by atoms with Crippen molar-refractivity contribution in [1.29, 1.82) is 0 Å². The molecule has 1 aliphatic heterocycles. The number of carbonyl (C=O) groups excluding carboxylic acids is 1. The molecule has 0 atom stereocenters. The van der Waals surface area contributed by atoms with Crippen molar-refractivity contribution in [2.75, 3.05) is 12.1 Å². The third kappa shape index (κ3) is 3.22. The number of anilines is 1. The Hall–Kier alpha value is -3.20. The first-order chi connectivity index (χ1) is 12.2. The Balaban J connectivity index is 1.52. The van der Waals surface area contributed by atoms with E-state index in [0.29, 0.717) is 22.3 Å². The van der Waals surface area contributed by atoms with Crippen LogP contribution < -0.4 is 20.3 Å². The zero-order valence-corrected chi connectivity index (χ0v) is 13.7. The second-order valence-corrected chi connectivity index (χ2v) is 6.09. The van der Waals surface area contributed by atoms with Crippen LogP contribution in [0.15, 0.2) is 47.0 Å². The second-order valence-electron chi connectivity index (χ2n) is 5.19. The minimum atomic E-state index is -0.338. The van der Waals surface area contributed by atoms with Gasteiger partial charge in [-0.15, -0.1) is 11.3 Å². The topological polar surface area (TPSA) is 95.3 Å². The first kappa shape index (κ1) is 15.3. The summed E-state index contributed by atoms with van der Waals surface area (Å²) in [4.78, 5) is 32.4. The first-order valence-electron chi connectivity index (χ1n) is 7.35. The van der Waals surface area contributed by atoms with Crippen LogP contribution in [0.3, 0.4) is 0 Å². The number of aromatic nitrogens is 3. The van der Waals surface area contributed by atoms with E-state index in [1.54, 1.807) is 29.8 Å². The number of ether oxygens (including phenoxy) is 2. The summed E-state index contributed by atoms with van der Waals surface area (Å²) in [6.07, 6.45) is 2.94. The van der Waals surface area contributed by atoms with Gasteiger partial charge in [-0.1, -0.05) is 0 Å². The third-order valence-electron chi connectivity index (χ3n) is 3.54. The average Bonchev–Trinajstić information content (AvgIpc) is 3.27. The second kappa shape index (κ2) is 6.36. The molecule has 126 valence electrons. The summed E-state index contributed by atoms with van der Waals surface area (Å²) in [7, 11) is 0. The molecule has 0 spiro atoms. The number of nitrogens with one attached hydrogen (secondary N) is 1. The highest BCUT2D eigenvalue weighted by Gasteiger charge is 2.15. The lowest BCUT2D eigenvalue weighted by Gasteiger charge is -2.07. The smallest absolute Gasteiger partial charge is 0.254 e. The maximum atomic E-state index is 12.3. The van der Waals surface area contributed by atoms with Crippen molar-refractivity contribution in [3.8, 4) is 22.8 Å². The van der Waals surface area contributed by atoms with Gasteiger partial charge in [-0.05, 0) is 18.2 Å². The molecule has 4 rings (SSSR count). The van der Waals surface area contributed by atoms with Crippen molar-refractivity contribution in [2.45, 2.75) is 6.54 Å². The largest absolute Gasteiger partial charge is 0.454 e. The van der Waals surface area contributed by atoms with Crippen LogP contribution in [0, 0.1) is 0 Å². The summed E-state index contributed by atoms with van der Waals surface area (Å²) >= 11 is 1.31. The van der Waals surface area contributed by atoms with E-state index in [2.05, 4.69) is 15.3 Å². The summed E-state index contributed by atoms with van der Waals surface area (Å²) in [5, 5.41) is 4.87. The summed E-state index contributed by atoms with van der Waals surface area (Å²) in [5.74, 6) is 0.942. The molecule has 1 aromatic carbocycles. The predicted molar refractivity (Wildman–Crippen MR) is 90.8 cm³/mol. The van der Waals surface area contributed by atoms with E-state index < -0.39 is 0 Å². The van der Waals surface area contributed by atoms with Gasteiger partial charge in [0.25, 0.3) is 5.56 Å². The fourth-order valence-corrected chi connectivity index (χ4v) is 2.90. The number of hydrogen-bond acceptors (Lipinski definition) is 7. The first-order valence-corrected chi connectivity index (χ1v) is 8.23. The van der Waals surface area contributed by atoms with E-state index in [1.807, 2.05) is 0 Å². The summed E-state index contributed by atoms with van der Waals surface area (Å²) < 4.78 is 11.8. The zero-order chi connectivity index (χ0) is 17.2. The van der Waals surface area contributed by atoms with Gasteiger partial charge < -0.3 is 14.8 Å². The maximum absolute atomic E-state index is 12.3. The Kier molecular flexibility index (Phi) is 3.90. The van der Waals surface area contributed by atoms with Crippen molar-refractivity contribution in [3.05, 3.63) is 52.5 Å². The lowest BCUT2D eigenvalue weighted by atomic mass is 10.1. The van der Waals surface area contributed by atoms with E-state index in [4.69, 9.17) is 9.47 Å². The van der Waals surface area contributed by atoms with Crippen LogP contribution in [0.2, 0.25) is 0 Å². The molecular formula is C16H12N4O4S. The summed E-state index contributed by atoms with van der Waals surface area (Å²) in [6.45, 7) is 0.0504. The molecule has 25 heavy (non-hydrogen) atoms. The molecule has 0 unspecified atom stereocenters. The molecule has 0 aliphatic carbocycles. The third-order valence-corrected chi connectivity index (χ3v) is 4.23. The molecule has 0 saturated carbocycles. The van der Waals surface area contributed by atoms with Gasteiger partial charge in [-0.3, -0.25) is 14.2 Å². The van der Waals surface area contributed by atoms with Gasteiger partial charge >= 0.3 is 0 Å². The van der Waals surface area contributed by atoms with Crippen LogP contribution in [-0.4, -0.2) is 27.2 Å². The van der Waals surface area contributed by atoms with E-state index in [9.17, 15) is 9.59 Å². The van der Waals surface area contributed by atoms with Gasteiger partial charge in [0.1, 0.15) is 6.54 Å². The number of carbonyl (C=O) groups is 1. The van der Waals surface area contributed by atoms with E-state index in [0.717, 1.165) is 5.56 Å². The molecule has 0 saturated heterocycles. The Bertz CT molecular complexity index is 984.